The fourth-order valence-electron chi connectivity index (χ4n) is 4.02. The van der Waals surface area contributed by atoms with Crippen LogP contribution in [0.2, 0.25) is 5.02 Å². The highest BCUT2D eigenvalue weighted by Crippen LogP contribution is 2.40. The molecule has 0 radical (unpaired) electrons. The van der Waals surface area contributed by atoms with Crippen molar-refractivity contribution in [3.8, 4) is 17.2 Å². The normalized spacial score (nSPS) is 16.9. The standard InChI is InChI=1S/C22H18ClN3O4/c1-11-15(23)4-3-5-16(11)26-22-20(12(2)25-26)14(9-19(27)24-22)21(28)13-6-7-17-18(8-13)30-10-29-17/h3-8,14H,9-10H2,1-2H3,(H,24,27)/t14-/m0/s1. The van der Waals surface area contributed by atoms with E-state index in [2.05, 4.69) is 10.4 Å². The molecule has 5 rings (SSSR count). The van der Waals surface area contributed by atoms with E-state index in [4.69, 9.17) is 21.1 Å². The lowest BCUT2D eigenvalue weighted by atomic mass is 9.85. The smallest absolute Gasteiger partial charge is 0.231 e. The van der Waals surface area contributed by atoms with Crippen LogP contribution in [0.3, 0.4) is 0 Å². The SMILES string of the molecule is Cc1nn(-c2cccc(Cl)c2C)c2c1[C@@H](C(=O)c1ccc3c(c1)OCO3)CC(=O)N2. The number of amides is 1. The first kappa shape index (κ1) is 18.7. The first-order valence-corrected chi connectivity index (χ1v) is 9.90. The van der Waals surface area contributed by atoms with Crippen LogP contribution in [0.25, 0.3) is 5.69 Å². The summed E-state index contributed by atoms with van der Waals surface area (Å²) in [5.41, 5.74) is 3.46. The molecule has 7 nitrogen and oxygen atoms in total. The quantitative estimate of drug-likeness (QED) is 0.639. The molecular formula is C22H18ClN3O4. The molecule has 3 aromatic rings. The molecule has 1 atom stereocenters. The van der Waals surface area contributed by atoms with Crippen molar-refractivity contribution in [3.05, 3.63) is 63.8 Å². The summed E-state index contributed by atoms with van der Waals surface area (Å²) in [6.07, 6.45) is 0.0569. The predicted molar refractivity (Wildman–Crippen MR) is 111 cm³/mol. The van der Waals surface area contributed by atoms with Crippen LogP contribution in [-0.4, -0.2) is 28.3 Å². The van der Waals surface area contributed by atoms with E-state index in [9.17, 15) is 9.59 Å². The van der Waals surface area contributed by atoms with E-state index in [1.54, 1.807) is 28.9 Å². The molecule has 152 valence electrons. The number of nitrogens with one attached hydrogen (secondary N) is 1. The van der Waals surface area contributed by atoms with Crippen molar-refractivity contribution < 1.29 is 19.1 Å². The van der Waals surface area contributed by atoms with E-state index in [0.29, 0.717) is 33.6 Å². The molecule has 2 aliphatic rings. The van der Waals surface area contributed by atoms with Crippen LogP contribution in [0, 0.1) is 13.8 Å². The van der Waals surface area contributed by atoms with Crippen molar-refractivity contribution >= 4 is 29.1 Å². The summed E-state index contributed by atoms with van der Waals surface area (Å²) >= 11 is 6.28. The minimum absolute atomic E-state index is 0.0569. The van der Waals surface area contributed by atoms with Crippen molar-refractivity contribution in [2.45, 2.75) is 26.2 Å². The van der Waals surface area contributed by atoms with Crippen LogP contribution in [0.15, 0.2) is 36.4 Å². The Morgan fingerprint density at radius 3 is 2.83 bits per heavy atom. The number of ketones is 1. The molecule has 2 aromatic carbocycles. The number of hydrogen-bond donors (Lipinski definition) is 1. The average molecular weight is 424 g/mol. The second-order valence-corrected chi connectivity index (χ2v) is 7.79. The monoisotopic (exact) mass is 423 g/mol. The van der Waals surface area contributed by atoms with Gasteiger partial charge in [0.2, 0.25) is 12.7 Å². The van der Waals surface area contributed by atoms with Crippen molar-refractivity contribution in [2.75, 3.05) is 12.1 Å². The Hall–Kier alpha value is -3.32. The van der Waals surface area contributed by atoms with E-state index in [0.717, 1.165) is 16.8 Å². The number of ether oxygens (including phenoxy) is 2. The number of rotatable bonds is 3. The van der Waals surface area contributed by atoms with Gasteiger partial charge in [0.15, 0.2) is 17.3 Å². The molecule has 0 spiro atoms. The van der Waals surface area contributed by atoms with Gasteiger partial charge in [0.25, 0.3) is 0 Å². The lowest BCUT2D eigenvalue weighted by Gasteiger charge is -2.23. The lowest BCUT2D eigenvalue weighted by molar-refractivity contribution is -0.116. The van der Waals surface area contributed by atoms with Gasteiger partial charge >= 0.3 is 0 Å². The third kappa shape index (κ3) is 2.85. The summed E-state index contributed by atoms with van der Waals surface area (Å²) in [5.74, 6) is 0.616. The van der Waals surface area contributed by atoms with Gasteiger partial charge in [-0.15, -0.1) is 0 Å². The molecule has 1 amide bonds. The minimum atomic E-state index is -0.637. The molecule has 2 aliphatic heterocycles. The van der Waals surface area contributed by atoms with E-state index in [-0.39, 0.29) is 24.9 Å². The summed E-state index contributed by atoms with van der Waals surface area (Å²) in [5, 5.41) is 8.12. The van der Waals surface area contributed by atoms with E-state index in [1.807, 2.05) is 26.0 Å². The van der Waals surface area contributed by atoms with Crippen LogP contribution >= 0.6 is 11.6 Å². The first-order chi connectivity index (χ1) is 14.4. The predicted octanol–water partition coefficient (Wildman–Crippen LogP) is 4.18. The van der Waals surface area contributed by atoms with Gasteiger partial charge in [-0.2, -0.15) is 5.10 Å². The van der Waals surface area contributed by atoms with Crippen LogP contribution < -0.4 is 14.8 Å². The largest absolute Gasteiger partial charge is 0.454 e. The number of Topliss-reactive ketones (excluding diaryl/α,β-unsaturated/α-hetero) is 1. The molecule has 1 aromatic heterocycles. The summed E-state index contributed by atoms with van der Waals surface area (Å²) in [6.45, 7) is 3.86. The molecule has 1 N–H and O–H groups in total. The van der Waals surface area contributed by atoms with Crippen LogP contribution in [0.4, 0.5) is 5.82 Å². The molecule has 0 saturated carbocycles. The molecule has 0 unspecified atom stereocenters. The number of fused-ring (bicyclic) bond motifs is 2. The second-order valence-electron chi connectivity index (χ2n) is 7.38. The Morgan fingerprint density at radius 2 is 2.00 bits per heavy atom. The Kier molecular flexibility index (Phi) is 4.29. The van der Waals surface area contributed by atoms with Crippen molar-refractivity contribution in [3.63, 3.8) is 0 Å². The zero-order valence-electron chi connectivity index (χ0n) is 16.4. The number of aryl methyl sites for hydroxylation is 1. The zero-order valence-corrected chi connectivity index (χ0v) is 17.1. The molecule has 0 bridgehead atoms. The highest BCUT2D eigenvalue weighted by Gasteiger charge is 2.37. The summed E-state index contributed by atoms with van der Waals surface area (Å²) in [7, 11) is 0. The number of hydrogen-bond acceptors (Lipinski definition) is 5. The van der Waals surface area contributed by atoms with Crippen LogP contribution in [0.1, 0.15) is 39.5 Å². The minimum Gasteiger partial charge on any atom is -0.454 e. The maximum Gasteiger partial charge on any atom is 0.231 e. The Bertz CT molecular complexity index is 1220. The van der Waals surface area contributed by atoms with E-state index >= 15 is 0 Å². The van der Waals surface area contributed by atoms with Gasteiger partial charge in [-0.05, 0) is 49.7 Å². The van der Waals surface area contributed by atoms with Gasteiger partial charge in [0, 0.05) is 22.6 Å². The van der Waals surface area contributed by atoms with Crippen LogP contribution in [0.5, 0.6) is 11.5 Å². The maximum absolute atomic E-state index is 13.4. The molecular weight excluding hydrogens is 406 g/mol. The van der Waals surface area contributed by atoms with E-state index < -0.39 is 5.92 Å². The summed E-state index contributed by atoms with van der Waals surface area (Å²) in [6, 6.07) is 10.6. The molecule has 0 saturated heterocycles. The first-order valence-electron chi connectivity index (χ1n) is 9.52. The van der Waals surface area contributed by atoms with Crippen molar-refractivity contribution in [1.29, 1.82) is 0 Å². The Labute approximate surface area is 177 Å². The number of aromatic nitrogens is 2. The van der Waals surface area contributed by atoms with Gasteiger partial charge in [-0.3, -0.25) is 9.59 Å². The summed E-state index contributed by atoms with van der Waals surface area (Å²) < 4.78 is 12.4. The lowest BCUT2D eigenvalue weighted by Crippen LogP contribution is -2.28. The molecule has 3 heterocycles. The number of benzene rings is 2. The number of anilines is 1. The van der Waals surface area contributed by atoms with Crippen molar-refractivity contribution in [2.24, 2.45) is 0 Å². The molecule has 0 fully saturated rings. The topological polar surface area (TPSA) is 82.5 Å². The molecule has 0 aliphatic carbocycles. The van der Waals surface area contributed by atoms with Gasteiger partial charge in [0.05, 0.1) is 17.3 Å². The van der Waals surface area contributed by atoms with E-state index in [1.165, 1.54) is 0 Å². The number of halogens is 1. The Balaban J connectivity index is 1.61. The highest BCUT2D eigenvalue weighted by molar-refractivity contribution is 6.31. The highest BCUT2D eigenvalue weighted by atomic mass is 35.5. The average Bonchev–Trinajstić information content (AvgIpc) is 3.33. The fourth-order valence-corrected chi connectivity index (χ4v) is 4.19. The second kappa shape index (κ2) is 6.88. The fraction of sp³-hybridized carbons (Fsp3) is 0.227. The number of nitrogens with zero attached hydrogens (tertiary/aromatic N) is 2. The molecule has 30 heavy (non-hydrogen) atoms. The van der Waals surface area contributed by atoms with Gasteiger partial charge in [0.1, 0.15) is 5.82 Å². The number of carbonyl (C=O) groups is 2. The third-order valence-corrected chi connectivity index (χ3v) is 5.95. The van der Waals surface area contributed by atoms with Gasteiger partial charge in [-0.25, -0.2) is 4.68 Å². The van der Waals surface area contributed by atoms with Crippen LogP contribution in [-0.2, 0) is 4.79 Å². The van der Waals surface area contributed by atoms with Gasteiger partial charge in [-0.1, -0.05) is 17.7 Å². The number of carbonyl (C=O) groups excluding carboxylic acids is 2. The molecule has 8 heteroatoms. The zero-order chi connectivity index (χ0) is 21.0. The maximum atomic E-state index is 13.4. The third-order valence-electron chi connectivity index (χ3n) is 5.54. The summed E-state index contributed by atoms with van der Waals surface area (Å²) in [4.78, 5) is 25.9. The van der Waals surface area contributed by atoms with Crippen molar-refractivity contribution in [1.82, 2.24) is 9.78 Å². The Morgan fingerprint density at radius 1 is 1.20 bits per heavy atom. The van der Waals surface area contributed by atoms with Gasteiger partial charge < -0.3 is 14.8 Å².